The highest BCUT2D eigenvalue weighted by atomic mass is 32.1. The molecule has 0 radical (unpaired) electrons. The number of thiazole rings is 1. The predicted octanol–water partition coefficient (Wildman–Crippen LogP) is 0.941. The van der Waals surface area contributed by atoms with E-state index >= 15 is 0 Å². The first-order valence-electron chi connectivity index (χ1n) is 6.16. The van der Waals surface area contributed by atoms with Crippen molar-refractivity contribution in [3.8, 4) is 0 Å². The highest BCUT2D eigenvalue weighted by Gasteiger charge is 2.44. The van der Waals surface area contributed by atoms with E-state index in [-0.39, 0.29) is 30.4 Å². The second-order valence-electron chi connectivity index (χ2n) is 4.90. The highest BCUT2D eigenvalue weighted by molar-refractivity contribution is 7.09. The minimum Gasteiger partial charge on any atom is -0.342 e. The summed E-state index contributed by atoms with van der Waals surface area (Å²) in [6.45, 7) is 2.07. The van der Waals surface area contributed by atoms with Gasteiger partial charge in [0.05, 0.1) is 6.04 Å². The zero-order chi connectivity index (χ0) is 12.7. The van der Waals surface area contributed by atoms with Crippen LogP contribution in [0.25, 0.3) is 0 Å². The van der Waals surface area contributed by atoms with Gasteiger partial charge in [-0.25, -0.2) is 4.98 Å². The van der Waals surface area contributed by atoms with Gasteiger partial charge in [-0.2, -0.15) is 0 Å². The Morgan fingerprint density at radius 1 is 1.50 bits per heavy atom. The van der Waals surface area contributed by atoms with Gasteiger partial charge in [-0.05, 0) is 25.7 Å². The van der Waals surface area contributed by atoms with Crippen molar-refractivity contribution >= 4 is 23.2 Å². The first-order chi connectivity index (χ1) is 8.66. The van der Waals surface area contributed by atoms with Crippen LogP contribution in [-0.4, -0.2) is 34.3 Å². The molecule has 18 heavy (non-hydrogen) atoms. The molecule has 0 bridgehead atoms. The summed E-state index contributed by atoms with van der Waals surface area (Å²) in [5.74, 6) is 0.322. The predicted molar refractivity (Wildman–Crippen MR) is 66.9 cm³/mol. The van der Waals surface area contributed by atoms with E-state index in [0.717, 1.165) is 17.8 Å². The van der Waals surface area contributed by atoms with E-state index < -0.39 is 0 Å². The summed E-state index contributed by atoms with van der Waals surface area (Å²) in [7, 11) is 0. The molecule has 0 spiro atoms. The molecule has 1 N–H and O–H groups in total. The van der Waals surface area contributed by atoms with Crippen LogP contribution in [-0.2, 0) is 9.59 Å². The van der Waals surface area contributed by atoms with Gasteiger partial charge in [0.15, 0.2) is 0 Å². The SMILES string of the molecule is CC(c1nccs1)N1CC(=O)NC(C2CC2)C1=O. The number of hydrogen-bond donors (Lipinski definition) is 1. The van der Waals surface area contributed by atoms with E-state index in [1.165, 1.54) is 11.3 Å². The van der Waals surface area contributed by atoms with Crippen molar-refractivity contribution in [2.75, 3.05) is 6.54 Å². The number of carbonyl (C=O) groups excluding carboxylic acids is 2. The smallest absolute Gasteiger partial charge is 0.246 e. The number of nitrogens with zero attached hydrogens (tertiary/aromatic N) is 2. The van der Waals surface area contributed by atoms with Crippen LogP contribution < -0.4 is 5.32 Å². The Bertz CT molecular complexity index is 470. The van der Waals surface area contributed by atoms with E-state index in [1.807, 2.05) is 12.3 Å². The maximum absolute atomic E-state index is 12.4. The van der Waals surface area contributed by atoms with E-state index in [1.54, 1.807) is 11.1 Å². The highest BCUT2D eigenvalue weighted by Crippen LogP contribution is 2.36. The van der Waals surface area contributed by atoms with Crippen molar-refractivity contribution in [3.05, 3.63) is 16.6 Å². The van der Waals surface area contributed by atoms with Gasteiger partial charge < -0.3 is 10.2 Å². The van der Waals surface area contributed by atoms with Crippen molar-refractivity contribution in [2.24, 2.45) is 5.92 Å². The van der Waals surface area contributed by atoms with Crippen molar-refractivity contribution in [1.29, 1.82) is 0 Å². The van der Waals surface area contributed by atoms with Gasteiger partial charge in [0.1, 0.15) is 17.6 Å². The van der Waals surface area contributed by atoms with E-state index in [4.69, 9.17) is 0 Å². The molecule has 5 nitrogen and oxygen atoms in total. The summed E-state index contributed by atoms with van der Waals surface area (Å²) in [6, 6.07) is -0.432. The van der Waals surface area contributed by atoms with Crippen LogP contribution in [0.4, 0.5) is 0 Å². The van der Waals surface area contributed by atoms with E-state index in [2.05, 4.69) is 10.3 Å². The Kier molecular flexibility index (Phi) is 2.81. The third-order valence-electron chi connectivity index (χ3n) is 3.55. The molecule has 2 atom stereocenters. The molecule has 3 rings (SSSR count). The molecular formula is C12H15N3O2S. The zero-order valence-electron chi connectivity index (χ0n) is 10.1. The fraction of sp³-hybridized carbons (Fsp3) is 0.583. The van der Waals surface area contributed by atoms with E-state index in [9.17, 15) is 9.59 Å². The Balaban J connectivity index is 1.81. The van der Waals surface area contributed by atoms with Crippen LogP contribution in [0.5, 0.6) is 0 Å². The number of amides is 2. The van der Waals surface area contributed by atoms with Gasteiger partial charge in [0.2, 0.25) is 11.8 Å². The van der Waals surface area contributed by atoms with Crippen LogP contribution >= 0.6 is 11.3 Å². The molecule has 2 fully saturated rings. The van der Waals surface area contributed by atoms with Crippen LogP contribution in [0.15, 0.2) is 11.6 Å². The number of aromatic nitrogens is 1. The average Bonchev–Trinajstić information content (AvgIpc) is 3.05. The minimum atomic E-state index is -0.311. The number of hydrogen-bond acceptors (Lipinski definition) is 4. The molecule has 96 valence electrons. The summed E-state index contributed by atoms with van der Waals surface area (Å²) >= 11 is 1.52. The second-order valence-corrected chi connectivity index (χ2v) is 5.82. The lowest BCUT2D eigenvalue weighted by Crippen LogP contribution is -2.59. The molecule has 1 aromatic heterocycles. The first-order valence-corrected chi connectivity index (χ1v) is 7.04. The van der Waals surface area contributed by atoms with Crippen LogP contribution in [0.2, 0.25) is 0 Å². The maximum atomic E-state index is 12.4. The van der Waals surface area contributed by atoms with Gasteiger partial charge in [0, 0.05) is 11.6 Å². The molecule has 1 saturated heterocycles. The van der Waals surface area contributed by atoms with Crippen molar-refractivity contribution < 1.29 is 9.59 Å². The summed E-state index contributed by atoms with van der Waals surface area (Å²) < 4.78 is 0. The first kappa shape index (κ1) is 11.6. The van der Waals surface area contributed by atoms with Crippen LogP contribution in [0.3, 0.4) is 0 Å². The van der Waals surface area contributed by atoms with Gasteiger partial charge in [0.25, 0.3) is 0 Å². The number of nitrogens with one attached hydrogen (secondary N) is 1. The molecule has 2 unspecified atom stereocenters. The Morgan fingerprint density at radius 3 is 2.89 bits per heavy atom. The molecule has 2 amide bonds. The van der Waals surface area contributed by atoms with Crippen molar-refractivity contribution in [3.63, 3.8) is 0 Å². The Hall–Kier alpha value is -1.43. The minimum absolute atomic E-state index is 0.0415. The molecule has 0 aromatic carbocycles. The third-order valence-corrected chi connectivity index (χ3v) is 4.50. The molecule has 1 aliphatic heterocycles. The number of carbonyl (C=O) groups is 2. The van der Waals surface area contributed by atoms with Gasteiger partial charge in [-0.1, -0.05) is 0 Å². The number of piperazine rings is 1. The Morgan fingerprint density at radius 2 is 2.28 bits per heavy atom. The molecular weight excluding hydrogens is 250 g/mol. The standard InChI is InChI=1S/C12H15N3O2S/c1-7(11-13-4-5-18-11)15-6-9(16)14-10(12(15)17)8-2-3-8/h4-5,7-8,10H,2-3,6H2,1H3,(H,14,16). The molecule has 6 heteroatoms. The van der Waals surface area contributed by atoms with E-state index in [0.29, 0.717) is 5.92 Å². The van der Waals surface area contributed by atoms with Gasteiger partial charge in [-0.15, -0.1) is 11.3 Å². The quantitative estimate of drug-likeness (QED) is 0.884. The fourth-order valence-electron chi connectivity index (χ4n) is 2.34. The largest absolute Gasteiger partial charge is 0.342 e. The van der Waals surface area contributed by atoms with Crippen LogP contribution in [0, 0.1) is 5.92 Å². The lowest BCUT2D eigenvalue weighted by molar-refractivity contribution is -0.147. The topological polar surface area (TPSA) is 62.3 Å². The molecule has 1 aromatic rings. The van der Waals surface area contributed by atoms with Crippen molar-refractivity contribution in [1.82, 2.24) is 15.2 Å². The average molecular weight is 265 g/mol. The Labute approximate surface area is 109 Å². The fourth-order valence-corrected chi connectivity index (χ4v) is 3.05. The summed E-state index contributed by atoms with van der Waals surface area (Å²) in [5.41, 5.74) is 0. The van der Waals surface area contributed by atoms with Crippen LogP contribution in [0.1, 0.15) is 30.8 Å². The monoisotopic (exact) mass is 265 g/mol. The lowest BCUT2D eigenvalue weighted by atomic mass is 10.1. The third kappa shape index (κ3) is 2.01. The van der Waals surface area contributed by atoms with Gasteiger partial charge >= 0.3 is 0 Å². The lowest BCUT2D eigenvalue weighted by Gasteiger charge is -2.35. The molecule has 2 aliphatic rings. The maximum Gasteiger partial charge on any atom is 0.246 e. The zero-order valence-corrected chi connectivity index (χ0v) is 10.9. The molecule has 1 saturated carbocycles. The number of rotatable bonds is 3. The summed E-state index contributed by atoms with van der Waals surface area (Å²) in [4.78, 5) is 30.0. The second kappa shape index (κ2) is 4.35. The normalized spacial score (nSPS) is 26.1. The summed E-state index contributed by atoms with van der Waals surface area (Å²) in [6.07, 6.45) is 3.80. The molecule has 2 heterocycles. The van der Waals surface area contributed by atoms with Crippen molar-refractivity contribution in [2.45, 2.75) is 31.8 Å². The molecule has 1 aliphatic carbocycles. The summed E-state index contributed by atoms with van der Waals surface area (Å²) in [5, 5.41) is 5.58. The van der Waals surface area contributed by atoms with Gasteiger partial charge in [-0.3, -0.25) is 9.59 Å².